The van der Waals surface area contributed by atoms with E-state index in [4.69, 9.17) is 9.84 Å². The highest BCUT2D eigenvalue weighted by atomic mass is 16.5. The molecule has 0 atom stereocenters. The molecule has 0 saturated carbocycles. The van der Waals surface area contributed by atoms with E-state index in [0.29, 0.717) is 12.2 Å². The molecule has 3 heteroatoms. The Bertz CT molecular complexity index is 851. The smallest absolute Gasteiger partial charge is 0.328 e. The first-order valence-electron chi connectivity index (χ1n) is 11.5. The average molecular weight is 427 g/mol. The van der Waals surface area contributed by atoms with E-state index in [1.807, 2.05) is 18.2 Å². The fraction of sp³-hybridized carbons (Fsp3) is 0.536. The Morgan fingerprint density at radius 2 is 1.65 bits per heavy atom. The van der Waals surface area contributed by atoms with Crippen molar-refractivity contribution in [3.63, 3.8) is 0 Å². The van der Waals surface area contributed by atoms with Crippen LogP contribution in [-0.4, -0.2) is 17.7 Å². The second kappa shape index (κ2) is 11.4. The van der Waals surface area contributed by atoms with Crippen molar-refractivity contribution in [1.82, 2.24) is 0 Å². The lowest BCUT2D eigenvalue weighted by Gasteiger charge is -2.32. The average Bonchev–Trinajstić information content (AvgIpc) is 2.70. The highest BCUT2D eigenvalue weighted by Crippen LogP contribution is 2.43. The zero-order valence-corrected chi connectivity index (χ0v) is 21.1. The minimum Gasteiger partial charge on any atom is -0.493 e. The molecule has 0 radical (unpaired) electrons. The molecule has 1 aromatic carbocycles. The maximum Gasteiger partial charge on any atom is 0.328 e. The lowest BCUT2D eigenvalue weighted by atomic mass is 9.74. The quantitative estimate of drug-likeness (QED) is 0.289. The van der Waals surface area contributed by atoms with Crippen LogP contribution >= 0.6 is 0 Å². The van der Waals surface area contributed by atoms with Gasteiger partial charge in [-0.1, -0.05) is 72.8 Å². The van der Waals surface area contributed by atoms with E-state index in [0.717, 1.165) is 36.1 Å². The van der Waals surface area contributed by atoms with Crippen LogP contribution in [0.2, 0.25) is 0 Å². The van der Waals surface area contributed by atoms with Crippen LogP contribution in [0, 0.1) is 0 Å². The van der Waals surface area contributed by atoms with E-state index in [9.17, 15) is 4.79 Å². The van der Waals surface area contributed by atoms with Crippen molar-refractivity contribution in [3.8, 4) is 5.75 Å². The van der Waals surface area contributed by atoms with Crippen LogP contribution in [0.15, 0.2) is 42.0 Å². The zero-order valence-electron chi connectivity index (χ0n) is 21.1. The lowest BCUT2D eigenvalue weighted by Crippen LogP contribution is -2.22. The molecular formula is C28H42O3. The van der Waals surface area contributed by atoms with E-state index in [-0.39, 0.29) is 10.8 Å². The number of benzene rings is 1. The second-order valence-corrected chi connectivity index (χ2v) is 9.66. The molecule has 0 saturated heterocycles. The van der Waals surface area contributed by atoms with Gasteiger partial charge in [0, 0.05) is 17.2 Å². The van der Waals surface area contributed by atoms with E-state index in [1.54, 1.807) is 6.92 Å². The first-order valence-corrected chi connectivity index (χ1v) is 11.5. The molecule has 3 nitrogen and oxygen atoms in total. The summed E-state index contributed by atoms with van der Waals surface area (Å²) in [4.78, 5) is 10.9. The molecule has 0 fully saturated rings. The predicted octanol–water partition coefficient (Wildman–Crippen LogP) is 7.84. The van der Waals surface area contributed by atoms with Gasteiger partial charge in [-0.2, -0.15) is 0 Å². The number of carboxylic acid groups (broad SMARTS) is 1. The fourth-order valence-corrected chi connectivity index (χ4v) is 3.25. The van der Waals surface area contributed by atoms with Gasteiger partial charge in [-0.15, -0.1) is 0 Å². The Kier molecular flexibility index (Phi) is 9.80. The third kappa shape index (κ3) is 7.41. The van der Waals surface area contributed by atoms with Crippen LogP contribution in [0.4, 0.5) is 0 Å². The van der Waals surface area contributed by atoms with Crippen LogP contribution < -0.4 is 4.74 Å². The van der Waals surface area contributed by atoms with Gasteiger partial charge < -0.3 is 9.84 Å². The first-order chi connectivity index (χ1) is 14.4. The van der Waals surface area contributed by atoms with Gasteiger partial charge in [0.15, 0.2) is 0 Å². The third-order valence-corrected chi connectivity index (χ3v) is 6.30. The Morgan fingerprint density at radius 3 is 2.16 bits per heavy atom. The van der Waals surface area contributed by atoms with Crippen molar-refractivity contribution in [2.24, 2.45) is 0 Å². The minimum absolute atomic E-state index is 0.00537. The van der Waals surface area contributed by atoms with Gasteiger partial charge in [0.25, 0.3) is 0 Å². The molecule has 1 aromatic rings. The van der Waals surface area contributed by atoms with E-state index < -0.39 is 5.97 Å². The molecule has 0 amide bonds. The number of hydrogen-bond acceptors (Lipinski definition) is 2. The Morgan fingerprint density at radius 1 is 1.03 bits per heavy atom. The molecule has 1 rings (SSSR count). The molecule has 0 aromatic heterocycles. The minimum atomic E-state index is -0.931. The van der Waals surface area contributed by atoms with Crippen molar-refractivity contribution >= 4 is 11.5 Å². The third-order valence-electron chi connectivity index (χ3n) is 6.30. The van der Waals surface area contributed by atoms with Gasteiger partial charge in [0.1, 0.15) is 5.75 Å². The van der Waals surface area contributed by atoms with Crippen molar-refractivity contribution < 1.29 is 14.6 Å². The molecule has 0 aliphatic rings. The molecule has 0 bridgehead atoms. The highest BCUT2D eigenvalue weighted by molar-refractivity contribution is 5.81. The van der Waals surface area contributed by atoms with Crippen molar-refractivity contribution in [1.29, 1.82) is 0 Å². The molecule has 31 heavy (non-hydrogen) atoms. The van der Waals surface area contributed by atoms with Crippen molar-refractivity contribution in [2.45, 2.75) is 92.4 Å². The number of carboxylic acids is 1. The van der Waals surface area contributed by atoms with Crippen LogP contribution in [-0.2, 0) is 15.6 Å². The topological polar surface area (TPSA) is 46.5 Å². The molecular weight excluding hydrogens is 384 g/mol. The van der Waals surface area contributed by atoms with Crippen LogP contribution in [0.25, 0.3) is 5.57 Å². The highest BCUT2D eigenvalue weighted by Gasteiger charge is 2.29. The molecule has 0 heterocycles. The Balaban J connectivity index is 3.72. The maximum absolute atomic E-state index is 10.9. The SMILES string of the molecule is CCCOc1c(\C(C)=C/C=C/C(C)=C/C(=O)O)cc(C(C)(C)CC)cc1C(C)(C)CC. The van der Waals surface area contributed by atoms with Gasteiger partial charge in [0.05, 0.1) is 6.61 Å². The summed E-state index contributed by atoms with van der Waals surface area (Å²) >= 11 is 0. The van der Waals surface area contributed by atoms with E-state index >= 15 is 0 Å². The van der Waals surface area contributed by atoms with Crippen LogP contribution in [0.1, 0.15) is 98.3 Å². The number of aliphatic carboxylic acids is 1. The molecule has 1 N–H and O–H groups in total. The largest absolute Gasteiger partial charge is 0.493 e. The molecule has 0 aliphatic carbocycles. The standard InChI is InChI=1S/C28H42O3/c1-10-16-31-26-23(21(5)15-13-14-20(4)17-25(29)30)18-22(27(6,7)11-2)19-24(26)28(8,9)12-3/h13-15,17-19H,10-12,16H2,1-9H3,(H,29,30)/b14-13+,20-17+,21-15-. The predicted molar refractivity (Wildman–Crippen MR) is 133 cm³/mol. The second-order valence-electron chi connectivity index (χ2n) is 9.66. The summed E-state index contributed by atoms with van der Waals surface area (Å²) in [5, 5.41) is 8.91. The molecule has 0 aliphatic heterocycles. The monoisotopic (exact) mass is 426 g/mol. The van der Waals surface area contributed by atoms with E-state index in [1.165, 1.54) is 17.2 Å². The van der Waals surface area contributed by atoms with Gasteiger partial charge in [-0.3, -0.25) is 0 Å². The Hall–Kier alpha value is -2.29. The summed E-state index contributed by atoms with van der Waals surface area (Å²) in [6.07, 6.45) is 10.0. The van der Waals surface area contributed by atoms with Crippen molar-refractivity contribution in [2.75, 3.05) is 6.61 Å². The molecule has 0 spiro atoms. The zero-order chi connectivity index (χ0) is 23.8. The fourth-order valence-electron chi connectivity index (χ4n) is 3.25. The van der Waals surface area contributed by atoms with Gasteiger partial charge in [0.2, 0.25) is 0 Å². The molecule has 172 valence electrons. The Labute approximate surface area is 189 Å². The summed E-state index contributed by atoms with van der Waals surface area (Å²) in [6.45, 7) is 20.3. The number of allylic oxidation sites excluding steroid dienone is 5. The molecule has 0 unspecified atom stereocenters. The first kappa shape index (κ1) is 26.7. The lowest BCUT2D eigenvalue weighted by molar-refractivity contribution is -0.131. The van der Waals surface area contributed by atoms with Crippen molar-refractivity contribution in [3.05, 3.63) is 58.7 Å². The van der Waals surface area contributed by atoms with Gasteiger partial charge in [-0.05, 0) is 66.7 Å². The van der Waals surface area contributed by atoms with Gasteiger partial charge in [-0.25, -0.2) is 4.79 Å². The number of carbonyl (C=O) groups is 1. The number of ether oxygens (including phenoxy) is 1. The van der Waals surface area contributed by atoms with Gasteiger partial charge >= 0.3 is 5.97 Å². The maximum atomic E-state index is 10.9. The summed E-state index contributed by atoms with van der Waals surface area (Å²) in [7, 11) is 0. The number of rotatable bonds is 11. The normalized spacial score (nSPS) is 13.7. The van der Waals surface area contributed by atoms with E-state index in [2.05, 4.69) is 67.5 Å². The summed E-state index contributed by atoms with van der Waals surface area (Å²) in [6, 6.07) is 4.63. The summed E-state index contributed by atoms with van der Waals surface area (Å²) in [5.74, 6) is 0.0448. The number of hydrogen-bond donors (Lipinski definition) is 1. The summed E-state index contributed by atoms with van der Waals surface area (Å²) in [5.41, 5.74) is 5.57. The van der Waals surface area contributed by atoms with Crippen LogP contribution in [0.5, 0.6) is 5.75 Å². The summed E-state index contributed by atoms with van der Waals surface area (Å²) < 4.78 is 6.35. The van der Waals surface area contributed by atoms with Crippen LogP contribution in [0.3, 0.4) is 0 Å².